The molecule has 1 aromatic heterocycles. The molecule has 0 spiro atoms. The van der Waals surface area contributed by atoms with Gasteiger partial charge >= 0.3 is 0 Å². The molecule has 2 nitrogen and oxygen atoms in total. The van der Waals surface area contributed by atoms with E-state index in [0.29, 0.717) is 11.4 Å². The minimum Gasteiger partial charge on any atom is -0.433 e. The molecule has 0 fully saturated rings. The molecule has 0 aliphatic heterocycles. The van der Waals surface area contributed by atoms with Gasteiger partial charge in [-0.25, -0.2) is 9.37 Å². The number of aryl methyl sites for hydroxylation is 1. The van der Waals surface area contributed by atoms with Gasteiger partial charge in [-0.2, -0.15) is 0 Å². The van der Waals surface area contributed by atoms with Gasteiger partial charge in [-0.3, -0.25) is 0 Å². The Morgan fingerprint density at radius 2 is 1.94 bits per heavy atom. The summed E-state index contributed by atoms with van der Waals surface area (Å²) in [5.41, 5.74) is 2.73. The Balaban J connectivity index is 2.22. The zero-order chi connectivity index (χ0) is 11.8. The summed E-state index contributed by atoms with van der Waals surface area (Å²) in [4.78, 5) is 4.28. The maximum absolute atomic E-state index is 13.5. The molecule has 1 heterocycles. The van der Waals surface area contributed by atoms with Crippen LogP contribution >= 0.6 is 0 Å². The number of nitrogens with zero attached hydrogens (tertiary/aromatic N) is 1. The molecule has 0 unspecified atom stereocenters. The number of hydrogen-bond acceptors (Lipinski definition) is 2. The van der Waals surface area contributed by atoms with Crippen LogP contribution in [0, 0.1) is 12.7 Å². The van der Waals surface area contributed by atoms with Crippen molar-refractivity contribution in [3.05, 3.63) is 53.8 Å². The zero-order valence-electron chi connectivity index (χ0n) is 9.27. The predicted octanol–water partition coefficient (Wildman–Crippen LogP) is 3.94. The molecule has 0 bridgehead atoms. The highest BCUT2D eigenvalue weighted by Gasteiger charge is 2.10. The number of hydrogen-bond donors (Lipinski definition) is 0. The standard InChI is InChI=1S/C14H10FNO/c1-9-4-2-5-10(8-9)14-16-12-7-3-6-11(15)13(12)17-14/h2-8H,1H3. The van der Waals surface area contributed by atoms with E-state index in [1.807, 2.05) is 31.2 Å². The first-order chi connectivity index (χ1) is 8.24. The predicted molar refractivity (Wildman–Crippen MR) is 64.1 cm³/mol. The summed E-state index contributed by atoms with van der Waals surface area (Å²) in [7, 11) is 0. The lowest BCUT2D eigenvalue weighted by atomic mass is 10.1. The van der Waals surface area contributed by atoms with Crippen LogP contribution in [0.1, 0.15) is 5.56 Å². The lowest BCUT2D eigenvalue weighted by molar-refractivity contribution is 0.564. The van der Waals surface area contributed by atoms with Gasteiger partial charge < -0.3 is 4.42 Å². The fourth-order valence-electron chi connectivity index (χ4n) is 1.82. The average molecular weight is 227 g/mol. The van der Waals surface area contributed by atoms with Crippen LogP contribution in [0.4, 0.5) is 4.39 Å². The topological polar surface area (TPSA) is 26.0 Å². The van der Waals surface area contributed by atoms with Crippen LogP contribution in [0.15, 0.2) is 46.9 Å². The average Bonchev–Trinajstić information content (AvgIpc) is 2.74. The molecule has 0 aliphatic rings. The van der Waals surface area contributed by atoms with Crippen molar-refractivity contribution in [2.45, 2.75) is 6.92 Å². The van der Waals surface area contributed by atoms with E-state index in [1.54, 1.807) is 12.1 Å². The molecule has 84 valence electrons. The fourth-order valence-corrected chi connectivity index (χ4v) is 1.82. The third-order valence-corrected chi connectivity index (χ3v) is 2.63. The summed E-state index contributed by atoms with van der Waals surface area (Å²) in [5, 5.41) is 0. The largest absolute Gasteiger partial charge is 0.433 e. The number of para-hydroxylation sites is 1. The molecular weight excluding hydrogens is 217 g/mol. The van der Waals surface area contributed by atoms with Crippen LogP contribution in [0.5, 0.6) is 0 Å². The van der Waals surface area contributed by atoms with E-state index in [4.69, 9.17) is 4.42 Å². The second-order valence-corrected chi connectivity index (χ2v) is 3.98. The van der Waals surface area contributed by atoms with Crippen molar-refractivity contribution in [3.8, 4) is 11.5 Å². The number of oxazole rings is 1. The van der Waals surface area contributed by atoms with Gasteiger partial charge in [0.25, 0.3) is 0 Å². The maximum atomic E-state index is 13.5. The van der Waals surface area contributed by atoms with E-state index in [2.05, 4.69) is 4.98 Å². The number of rotatable bonds is 1. The second kappa shape index (κ2) is 3.70. The normalized spacial score (nSPS) is 10.9. The van der Waals surface area contributed by atoms with Crippen LogP contribution in [0.2, 0.25) is 0 Å². The van der Waals surface area contributed by atoms with Gasteiger partial charge in [-0.15, -0.1) is 0 Å². The summed E-state index contributed by atoms with van der Waals surface area (Å²) in [5.74, 6) is 0.0719. The number of fused-ring (bicyclic) bond motifs is 1. The Morgan fingerprint density at radius 1 is 1.12 bits per heavy atom. The molecule has 0 aliphatic carbocycles. The first-order valence-corrected chi connectivity index (χ1v) is 5.36. The van der Waals surface area contributed by atoms with Gasteiger partial charge in [-0.05, 0) is 31.2 Å². The highest BCUT2D eigenvalue weighted by molar-refractivity contribution is 5.76. The summed E-state index contributed by atoms with van der Waals surface area (Å²) in [6, 6.07) is 12.5. The second-order valence-electron chi connectivity index (χ2n) is 3.98. The van der Waals surface area contributed by atoms with Crippen LogP contribution in [-0.2, 0) is 0 Å². The van der Waals surface area contributed by atoms with Crippen LogP contribution in [-0.4, -0.2) is 4.98 Å². The molecule has 2 aromatic carbocycles. The van der Waals surface area contributed by atoms with Crippen LogP contribution < -0.4 is 0 Å². The highest BCUT2D eigenvalue weighted by Crippen LogP contribution is 2.26. The molecule has 0 radical (unpaired) electrons. The molecule has 0 N–H and O–H groups in total. The summed E-state index contributed by atoms with van der Waals surface area (Å²) < 4.78 is 18.9. The molecule has 3 rings (SSSR count). The minimum atomic E-state index is -0.381. The van der Waals surface area contributed by atoms with Gasteiger partial charge in [0.1, 0.15) is 5.52 Å². The van der Waals surface area contributed by atoms with E-state index >= 15 is 0 Å². The first-order valence-electron chi connectivity index (χ1n) is 5.36. The van der Waals surface area contributed by atoms with E-state index in [0.717, 1.165) is 11.1 Å². The lowest BCUT2D eigenvalue weighted by Crippen LogP contribution is -1.78. The number of aromatic nitrogens is 1. The van der Waals surface area contributed by atoms with E-state index in [-0.39, 0.29) is 11.4 Å². The number of halogens is 1. The lowest BCUT2D eigenvalue weighted by Gasteiger charge is -1.96. The Morgan fingerprint density at radius 3 is 2.71 bits per heavy atom. The molecule has 17 heavy (non-hydrogen) atoms. The Hall–Kier alpha value is -2.16. The first kappa shape index (κ1) is 10.0. The van der Waals surface area contributed by atoms with Gasteiger partial charge in [0.15, 0.2) is 11.4 Å². The number of benzene rings is 2. The van der Waals surface area contributed by atoms with Crippen molar-refractivity contribution in [3.63, 3.8) is 0 Å². The van der Waals surface area contributed by atoms with Crippen molar-refractivity contribution < 1.29 is 8.81 Å². The Bertz CT molecular complexity index is 688. The van der Waals surface area contributed by atoms with Crippen molar-refractivity contribution >= 4 is 11.1 Å². The third kappa shape index (κ3) is 1.69. The van der Waals surface area contributed by atoms with Crippen molar-refractivity contribution in [1.82, 2.24) is 4.98 Å². The zero-order valence-corrected chi connectivity index (χ0v) is 9.27. The van der Waals surface area contributed by atoms with Gasteiger partial charge in [0.05, 0.1) is 0 Å². The monoisotopic (exact) mass is 227 g/mol. The Kier molecular flexibility index (Phi) is 2.18. The van der Waals surface area contributed by atoms with Gasteiger partial charge in [0.2, 0.25) is 5.89 Å². The summed E-state index contributed by atoms with van der Waals surface area (Å²) in [6.45, 7) is 1.99. The highest BCUT2D eigenvalue weighted by atomic mass is 19.1. The third-order valence-electron chi connectivity index (χ3n) is 2.63. The minimum absolute atomic E-state index is 0.212. The molecule has 3 heteroatoms. The Labute approximate surface area is 97.7 Å². The van der Waals surface area contributed by atoms with E-state index < -0.39 is 0 Å². The molecule has 0 amide bonds. The van der Waals surface area contributed by atoms with E-state index in [9.17, 15) is 4.39 Å². The quantitative estimate of drug-likeness (QED) is 0.629. The van der Waals surface area contributed by atoms with Crippen LogP contribution in [0.3, 0.4) is 0 Å². The molecule has 0 saturated carbocycles. The van der Waals surface area contributed by atoms with Gasteiger partial charge in [-0.1, -0.05) is 23.8 Å². The van der Waals surface area contributed by atoms with Crippen molar-refractivity contribution in [2.24, 2.45) is 0 Å². The summed E-state index contributed by atoms with van der Waals surface area (Å²) in [6.07, 6.45) is 0. The van der Waals surface area contributed by atoms with Gasteiger partial charge in [0, 0.05) is 5.56 Å². The maximum Gasteiger partial charge on any atom is 0.227 e. The molecule has 3 aromatic rings. The van der Waals surface area contributed by atoms with E-state index in [1.165, 1.54) is 6.07 Å². The molecule has 0 atom stereocenters. The SMILES string of the molecule is Cc1cccc(-c2nc3cccc(F)c3o2)c1. The molecular formula is C14H10FNO. The fraction of sp³-hybridized carbons (Fsp3) is 0.0714. The smallest absolute Gasteiger partial charge is 0.227 e. The van der Waals surface area contributed by atoms with Crippen molar-refractivity contribution in [1.29, 1.82) is 0 Å². The van der Waals surface area contributed by atoms with Crippen molar-refractivity contribution in [2.75, 3.05) is 0 Å². The summed E-state index contributed by atoms with van der Waals surface area (Å²) >= 11 is 0. The molecule has 0 saturated heterocycles. The van der Waals surface area contributed by atoms with Crippen LogP contribution in [0.25, 0.3) is 22.6 Å².